The fraction of sp³-hybridized carbons (Fsp3) is 0.538. The van der Waals surface area contributed by atoms with Crippen LogP contribution in [-0.2, 0) is 11.2 Å². The fourth-order valence-corrected chi connectivity index (χ4v) is 1.97. The van der Waals surface area contributed by atoms with Crippen molar-refractivity contribution in [2.24, 2.45) is 0 Å². The van der Waals surface area contributed by atoms with E-state index < -0.39 is 0 Å². The van der Waals surface area contributed by atoms with Gasteiger partial charge >= 0.3 is 0 Å². The number of benzene rings is 1. The lowest BCUT2D eigenvalue weighted by atomic mass is 9.86. The second kappa shape index (κ2) is 4.88. The van der Waals surface area contributed by atoms with Crippen molar-refractivity contribution in [1.82, 2.24) is 0 Å². The van der Waals surface area contributed by atoms with Crippen molar-refractivity contribution in [3.63, 3.8) is 0 Å². The predicted molar refractivity (Wildman–Crippen MR) is 67.0 cm³/mol. The summed E-state index contributed by atoms with van der Waals surface area (Å²) in [5, 5.41) is 0. The van der Waals surface area contributed by atoms with Gasteiger partial charge in [0.25, 0.3) is 0 Å². The Hall–Kier alpha value is -0.430. The van der Waals surface area contributed by atoms with E-state index in [1.165, 1.54) is 16.9 Å². The van der Waals surface area contributed by atoms with Crippen molar-refractivity contribution < 1.29 is 0 Å². The molecule has 1 aromatic carbocycles. The van der Waals surface area contributed by atoms with Crippen LogP contribution >= 0.6 is 11.8 Å². The summed E-state index contributed by atoms with van der Waals surface area (Å²) in [6, 6.07) is 8.95. The zero-order valence-corrected chi connectivity index (χ0v) is 10.4. The van der Waals surface area contributed by atoms with Gasteiger partial charge in [0, 0.05) is 5.75 Å². The Morgan fingerprint density at radius 1 is 1.21 bits per heavy atom. The first kappa shape index (κ1) is 11.6. The van der Waals surface area contributed by atoms with Crippen LogP contribution < -0.4 is 0 Å². The average Bonchev–Trinajstić information content (AvgIpc) is 2.14. The van der Waals surface area contributed by atoms with E-state index in [9.17, 15) is 0 Å². The molecule has 0 N–H and O–H groups in total. The third kappa shape index (κ3) is 3.38. The second-order valence-corrected chi connectivity index (χ2v) is 5.86. The molecule has 1 aromatic rings. The van der Waals surface area contributed by atoms with Crippen molar-refractivity contribution in [2.75, 3.05) is 5.75 Å². The number of thioether (sulfide) groups is 1. The Morgan fingerprint density at radius 2 is 1.93 bits per heavy atom. The summed E-state index contributed by atoms with van der Waals surface area (Å²) < 4.78 is 0. The molecule has 0 aliphatic heterocycles. The molecule has 0 saturated heterocycles. The van der Waals surface area contributed by atoms with Gasteiger partial charge in [0.15, 0.2) is 0 Å². The highest BCUT2D eigenvalue weighted by molar-refractivity contribution is 7.98. The third-order valence-electron chi connectivity index (χ3n) is 2.27. The third-order valence-corrected chi connectivity index (χ3v) is 3.21. The molecule has 0 atom stereocenters. The van der Waals surface area contributed by atoms with Crippen LogP contribution in [0.15, 0.2) is 24.3 Å². The lowest BCUT2D eigenvalue weighted by Crippen LogP contribution is -2.11. The molecular formula is C13H20S. The molecule has 0 fully saturated rings. The molecule has 0 aliphatic carbocycles. The van der Waals surface area contributed by atoms with Crippen LogP contribution in [0.4, 0.5) is 0 Å². The largest absolute Gasteiger partial charge is 0.157 e. The van der Waals surface area contributed by atoms with Crippen molar-refractivity contribution in [3.8, 4) is 0 Å². The van der Waals surface area contributed by atoms with Gasteiger partial charge in [0.1, 0.15) is 0 Å². The van der Waals surface area contributed by atoms with E-state index >= 15 is 0 Å². The van der Waals surface area contributed by atoms with Crippen LogP contribution in [0.25, 0.3) is 0 Å². The van der Waals surface area contributed by atoms with Gasteiger partial charge in [-0.25, -0.2) is 0 Å². The molecule has 78 valence electrons. The van der Waals surface area contributed by atoms with E-state index in [2.05, 4.69) is 52.0 Å². The summed E-state index contributed by atoms with van der Waals surface area (Å²) in [4.78, 5) is 0. The highest BCUT2D eigenvalue weighted by Gasteiger charge is 2.13. The summed E-state index contributed by atoms with van der Waals surface area (Å²) in [5.74, 6) is 2.33. The van der Waals surface area contributed by atoms with Gasteiger partial charge in [0.05, 0.1) is 0 Å². The first-order valence-corrected chi connectivity index (χ1v) is 6.36. The van der Waals surface area contributed by atoms with Gasteiger partial charge in [-0.3, -0.25) is 0 Å². The molecule has 0 amide bonds. The Balaban J connectivity index is 2.79. The van der Waals surface area contributed by atoms with Crippen molar-refractivity contribution >= 4 is 11.8 Å². The molecule has 0 spiro atoms. The summed E-state index contributed by atoms with van der Waals surface area (Å²) in [6.45, 7) is 9.00. The maximum Gasteiger partial charge on any atom is 0.0184 e. The Bertz CT molecular complexity index is 284. The highest BCUT2D eigenvalue weighted by atomic mass is 32.2. The molecule has 0 bridgehead atoms. The van der Waals surface area contributed by atoms with E-state index in [1.807, 2.05) is 11.8 Å². The zero-order valence-electron chi connectivity index (χ0n) is 9.63. The normalized spacial score (nSPS) is 11.7. The van der Waals surface area contributed by atoms with Crippen LogP contribution in [0.1, 0.15) is 38.8 Å². The summed E-state index contributed by atoms with van der Waals surface area (Å²) in [6.07, 6.45) is 0. The minimum absolute atomic E-state index is 0.271. The summed E-state index contributed by atoms with van der Waals surface area (Å²) in [7, 11) is 0. The van der Waals surface area contributed by atoms with Crippen LogP contribution in [0.2, 0.25) is 0 Å². The van der Waals surface area contributed by atoms with Crippen LogP contribution in [-0.4, -0.2) is 5.75 Å². The molecule has 1 rings (SSSR count). The quantitative estimate of drug-likeness (QED) is 0.716. The van der Waals surface area contributed by atoms with Gasteiger partial charge < -0.3 is 0 Å². The number of hydrogen-bond donors (Lipinski definition) is 0. The van der Waals surface area contributed by atoms with E-state index in [1.54, 1.807) is 0 Å². The predicted octanol–water partition coefficient (Wildman–Crippen LogP) is 4.24. The number of rotatable bonds is 3. The van der Waals surface area contributed by atoms with Crippen LogP contribution in [0, 0.1) is 0 Å². The molecule has 0 aliphatic rings. The molecule has 0 radical (unpaired) electrons. The van der Waals surface area contributed by atoms with Gasteiger partial charge in [0.2, 0.25) is 0 Å². The van der Waals surface area contributed by atoms with Crippen LogP contribution in [0.5, 0.6) is 0 Å². The van der Waals surface area contributed by atoms with Gasteiger partial charge in [-0.15, -0.1) is 0 Å². The smallest absolute Gasteiger partial charge is 0.0184 e. The van der Waals surface area contributed by atoms with E-state index in [0.717, 1.165) is 5.75 Å². The Labute approximate surface area is 92.1 Å². The fourth-order valence-electron chi connectivity index (χ4n) is 1.35. The Morgan fingerprint density at radius 3 is 2.50 bits per heavy atom. The van der Waals surface area contributed by atoms with E-state index in [0.29, 0.717) is 0 Å². The molecule has 14 heavy (non-hydrogen) atoms. The second-order valence-electron chi connectivity index (χ2n) is 4.59. The minimum Gasteiger partial charge on any atom is -0.157 e. The number of hydrogen-bond acceptors (Lipinski definition) is 1. The van der Waals surface area contributed by atoms with E-state index in [4.69, 9.17) is 0 Å². The molecule has 0 heterocycles. The van der Waals surface area contributed by atoms with Crippen molar-refractivity contribution in [2.45, 2.75) is 38.9 Å². The molecule has 0 aromatic heterocycles. The molecule has 0 saturated carbocycles. The minimum atomic E-state index is 0.271. The first-order chi connectivity index (χ1) is 6.54. The lowest BCUT2D eigenvalue weighted by Gasteiger charge is -2.19. The summed E-state index contributed by atoms with van der Waals surface area (Å²) in [5.41, 5.74) is 3.16. The molecule has 1 heteroatoms. The van der Waals surface area contributed by atoms with Gasteiger partial charge in [-0.2, -0.15) is 11.8 Å². The van der Waals surface area contributed by atoms with Crippen molar-refractivity contribution in [1.29, 1.82) is 0 Å². The SMILES string of the molecule is CCSCc1cccc(C(C)(C)C)c1. The first-order valence-electron chi connectivity index (χ1n) is 5.21. The monoisotopic (exact) mass is 208 g/mol. The maximum atomic E-state index is 2.34. The van der Waals surface area contributed by atoms with Crippen LogP contribution in [0.3, 0.4) is 0 Å². The lowest BCUT2D eigenvalue weighted by molar-refractivity contribution is 0.589. The zero-order chi connectivity index (χ0) is 10.6. The molecular weight excluding hydrogens is 188 g/mol. The Kier molecular flexibility index (Phi) is 4.06. The van der Waals surface area contributed by atoms with E-state index in [-0.39, 0.29) is 5.41 Å². The molecule has 0 nitrogen and oxygen atoms in total. The maximum absolute atomic E-state index is 2.34. The summed E-state index contributed by atoms with van der Waals surface area (Å²) >= 11 is 1.98. The topological polar surface area (TPSA) is 0 Å². The highest BCUT2D eigenvalue weighted by Crippen LogP contribution is 2.24. The van der Waals surface area contributed by atoms with Gasteiger partial charge in [-0.05, 0) is 22.3 Å². The standard InChI is InChI=1S/C13H20S/c1-5-14-10-11-7-6-8-12(9-11)13(2,3)4/h6-9H,5,10H2,1-4H3. The molecule has 0 unspecified atom stereocenters. The van der Waals surface area contributed by atoms with Crippen molar-refractivity contribution in [3.05, 3.63) is 35.4 Å². The average molecular weight is 208 g/mol. The van der Waals surface area contributed by atoms with Gasteiger partial charge in [-0.1, -0.05) is 52.0 Å².